The minimum absolute atomic E-state index is 0.00302. The minimum atomic E-state index is -0.349. The topological polar surface area (TPSA) is 146 Å². The Labute approximate surface area is 387 Å². The van der Waals surface area contributed by atoms with Gasteiger partial charge < -0.3 is 38.0 Å². The summed E-state index contributed by atoms with van der Waals surface area (Å²) in [7, 11) is 1.70. The number of methoxy groups -OCH3 is 1. The highest BCUT2D eigenvalue weighted by Crippen LogP contribution is 2.39. The number of carbonyl (C=O) groups is 4. The second-order valence-corrected chi connectivity index (χ2v) is 17.5. The van der Waals surface area contributed by atoms with Crippen LogP contribution in [0.5, 0.6) is 34.6 Å². The average Bonchev–Trinajstić information content (AvgIpc) is 3.34. The van der Waals surface area contributed by atoms with Gasteiger partial charge in [0, 0.05) is 42.9 Å². The third kappa shape index (κ3) is 13.5. The maximum absolute atomic E-state index is 13.5. The molecule has 0 bridgehead atoms. The lowest BCUT2D eigenvalue weighted by molar-refractivity contribution is -0.152. The number of hydrogen-bond acceptors (Lipinski definition) is 12. The Morgan fingerprint density at radius 1 is 0.561 bits per heavy atom. The normalized spacial score (nSPS) is 18.3. The monoisotopic (exact) mass is 901 g/mol. The SMILES string of the molecule is CCCCCCOc1ccc(Oc2nc3cc(OC(=O)C4CCC(C(=O)OCCc5ccc(OCCCCOC)cc5)CC4)ccc3c3ccc(OC(=O)C4CCC(C=O)CC4)cc23)cc1. The van der Waals surface area contributed by atoms with Gasteiger partial charge >= 0.3 is 17.9 Å². The van der Waals surface area contributed by atoms with Crippen molar-refractivity contribution in [3.8, 4) is 34.6 Å². The molecular formula is C54H63NO11. The summed E-state index contributed by atoms with van der Waals surface area (Å²) in [6.45, 7) is 4.48. The third-order valence-electron chi connectivity index (χ3n) is 12.7. The zero-order valence-corrected chi connectivity index (χ0v) is 38.3. The standard InChI is InChI=1S/C54H63NO11/c1-3-4-5-6-31-61-43-21-23-44(24-22-43)64-51-49-34-45(65-53(58)40-13-9-38(36-56)10-14-40)25-27-47(49)48-28-26-46(35-50(48)55-51)66-54(59)41-17-15-39(16-18-41)52(57)63-33-29-37-11-19-42(20-12-37)62-32-8-7-30-60-2/h11-12,19-28,34-36,38-41H,3-10,13-18,29-33H2,1-2H3. The van der Waals surface area contributed by atoms with Crippen molar-refractivity contribution < 1.29 is 52.3 Å². The second kappa shape index (κ2) is 24.5. The van der Waals surface area contributed by atoms with Gasteiger partial charge in [-0.15, -0.1) is 0 Å². The summed E-state index contributed by atoms with van der Waals surface area (Å²) < 4.78 is 40.8. The largest absolute Gasteiger partial charge is 0.494 e. The van der Waals surface area contributed by atoms with E-state index in [-0.39, 0.29) is 54.1 Å². The van der Waals surface area contributed by atoms with Gasteiger partial charge in [0.2, 0.25) is 5.88 Å². The van der Waals surface area contributed by atoms with Crippen LogP contribution in [0.4, 0.5) is 0 Å². The highest BCUT2D eigenvalue weighted by Gasteiger charge is 2.32. The first-order valence-electron chi connectivity index (χ1n) is 23.8. The van der Waals surface area contributed by atoms with Gasteiger partial charge in [0.25, 0.3) is 0 Å². The first-order valence-corrected chi connectivity index (χ1v) is 23.8. The Morgan fingerprint density at radius 3 is 1.71 bits per heavy atom. The molecule has 0 aliphatic heterocycles. The molecule has 350 valence electrons. The van der Waals surface area contributed by atoms with Crippen LogP contribution in [0.25, 0.3) is 21.7 Å². The molecule has 12 heteroatoms. The number of fused-ring (bicyclic) bond motifs is 3. The molecule has 12 nitrogen and oxygen atoms in total. The summed E-state index contributed by atoms with van der Waals surface area (Å²) in [4.78, 5) is 55.9. The number of aromatic nitrogens is 1. The third-order valence-corrected chi connectivity index (χ3v) is 12.7. The molecule has 4 aromatic carbocycles. The molecule has 2 saturated carbocycles. The lowest BCUT2D eigenvalue weighted by Gasteiger charge is -2.26. The Balaban J connectivity index is 0.969. The van der Waals surface area contributed by atoms with Crippen LogP contribution in [0.1, 0.15) is 102 Å². The van der Waals surface area contributed by atoms with Gasteiger partial charge in [-0.3, -0.25) is 14.4 Å². The van der Waals surface area contributed by atoms with Crippen LogP contribution in [0.3, 0.4) is 0 Å². The zero-order chi connectivity index (χ0) is 46.1. The average molecular weight is 902 g/mol. The number of rotatable bonds is 23. The number of unbranched alkanes of at least 4 members (excludes halogenated alkanes) is 4. The van der Waals surface area contributed by atoms with E-state index in [0.717, 1.165) is 72.8 Å². The van der Waals surface area contributed by atoms with Crippen LogP contribution >= 0.6 is 0 Å². The van der Waals surface area contributed by atoms with Gasteiger partial charge in [-0.05, 0) is 148 Å². The van der Waals surface area contributed by atoms with Crippen molar-refractivity contribution in [2.45, 2.75) is 103 Å². The van der Waals surface area contributed by atoms with E-state index < -0.39 is 0 Å². The number of aldehydes is 1. The van der Waals surface area contributed by atoms with Crippen LogP contribution in [0, 0.1) is 23.7 Å². The van der Waals surface area contributed by atoms with Crippen LogP contribution in [0.15, 0.2) is 84.9 Å². The van der Waals surface area contributed by atoms with E-state index in [0.29, 0.717) is 99.2 Å². The Hall–Kier alpha value is -6.01. The molecule has 2 fully saturated rings. The van der Waals surface area contributed by atoms with E-state index >= 15 is 0 Å². The van der Waals surface area contributed by atoms with Gasteiger partial charge in [0.05, 0.1) is 43.1 Å². The molecule has 0 unspecified atom stereocenters. The molecule has 0 atom stereocenters. The van der Waals surface area contributed by atoms with Crippen molar-refractivity contribution in [1.82, 2.24) is 4.98 Å². The molecule has 0 amide bonds. The van der Waals surface area contributed by atoms with Gasteiger partial charge in [-0.2, -0.15) is 0 Å². The summed E-state index contributed by atoms with van der Waals surface area (Å²) in [5.41, 5.74) is 1.61. The molecule has 0 saturated heterocycles. The predicted octanol–water partition coefficient (Wildman–Crippen LogP) is 11.4. The summed E-state index contributed by atoms with van der Waals surface area (Å²) in [6.07, 6.45) is 12.7. The number of benzene rings is 4. The number of carbonyl (C=O) groups excluding carboxylic acids is 4. The van der Waals surface area contributed by atoms with Crippen molar-refractivity contribution in [3.05, 3.63) is 90.5 Å². The number of ether oxygens (including phenoxy) is 7. The van der Waals surface area contributed by atoms with Crippen LogP contribution < -0.4 is 23.7 Å². The second-order valence-electron chi connectivity index (χ2n) is 17.5. The van der Waals surface area contributed by atoms with E-state index in [1.807, 2.05) is 60.7 Å². The molecule has 66 heavy (non-hydrogen) atoms. The molecule has 0 N–H and O–H groups in total. The van der Waals surface area contributed by atoms with E-state index in [1.54, 1.807) is 31.4 Å². The Kier molecular flexibility index (Phi) is 17.8. The molecule has 7 rings (SSSR count). The van der Waals surface area contributed by atoms with Crippen LogP contribution in [-0.4, -0.2) is 62.7 Å². The van der Waals surface area contributed by atoms with Gasteiger partial charge in [0.1, 0.15) is 35.0 Å². The molecular weight excluding hydrogens is 839 g/mol. The van der Waals surface area contributed by atoms with E-state index in [4.69, 9.17) is 38.1 Å². The number of nitrogens with zero attached hydrogens (tertiary/aromatic N) is 1. The van der Waals surface area contributed by atoms with Gasteiger partial charge in [-0.25, -0.2) is 4.98 Å². The summed E-state index contributed by atoms with van der Waals surface area (Å²) in [5.74, 6) is 1.34. The fourth-order valence-electron chi connectivity index (χ4n) is 8.71. The Morgan fingerprint density at radius 2 is 1.09 bits per heavy atom. The van der Waals surface area contributed by atoms with E-state index in [9.17, 15) is 19.2 Å². The molecule has 2 aliphatic rings. The smallest absolute Gasteiger partial charge is 0.314 e. The lowest BCUT2D eigenvalue weighted by Crippen LogP contribution is -2.29. The molecule has 1 aromatic heterocycles. The molecule has 2 aliphatic carbocycles. The minimum Gasteiger partial charge on any atom is -0.494 e. The van der Waals surface area contributed by atoms with Crippen molar-refractivity contribution in [2.75, 3.05) is 33.5 Å². The van der Waals surface area contributed by atoms with Gasteiger partial charge in [0.15, 0.2) is 0 Å². The maximum atomic E-state index is 13.5. The number of pyridine rings is 1. The van der Waals surface area contributed by atoms with Crippen molar-refractivity contribution >= 4 is 45.9 Å². The van der Waals surface area contributed by atoms with Crippen molar-refractivity contribution in [2.24, 2.45) is 23.7 Å². The molecule has 0 radical (unpaired) electrons. The van der Waals surface area contributed by atoms with Crippen LogP contribution in [-0.2, 0) is 35.1 Å². The summed E-state index contributed by atoms with van der Waals surface area (Å²) in [6, 6.07) is 26.0. The quantitative estimate of drug-likeness (QED) is 0.0202. The molecule has 0 spiro atoms. The van der Waals surface area contributed by atoms with Crippen molar-refractivity contribution in [1.29, 1.82) is 0 Å². The Bertz CT molecular complexity index is 2360. The zero-order valence-electron chi connectivity index (χ0n) is 38.3. The molecule has 1 heterocycles. The summed E-state index contributed by atoms with van der Waals surface area (Å²) in [5, 5.41) is 2.24. The first kappa shape index (κ1) is 47.9. The van der Waals surface area contributed by atoms with Crippen LogP contribution in [0.2, 0.25) is 0 Å². The van der Waals surface area contributed by atoms with Crippen molar-refractivity contribution in [3.63, 3.8) is 0 Å². The number of hydrogen-bond donors (Lipinski definition) is 0. The van der Waals surface area contributed by atoms with Gasteiger partial charge in [-0.1, -0.05) is 38.3 Å². The summed E-state index contributed by atoms with van der Waals surface area (Å²) >= 11 is 0. The highest BCUT2D eigenvalue weighted by atomic mass is 16.5. The lowest BCUT2D eigenvalue weighted by atomic mass is 9.82. The highest BCUT2D eigenvalue weighted by molar-refractivity contribution is 6.08. The maximum Gasteiger partial charge on any atom is 0.314 e. The first-order chi connectivity index (χ1) is 32.3. The number of esters is 3. The van der Waals surface area contributed by atoms with E-state index in [1.165, 1.54) is 6.42 Å². The predicted molar refractivity (Wildman–Crippen MR) is 251 cm³/mol. The fraction of sp³-hybridized carbons (Fsp3) is 0.463. The fourth-order valence-corrected chi connectivity index (χ4v) is 8.71. The molecule has 5 aromatic rings. The van der Waals surface area contributed by atoms with E-state index in [2.05, 4.69) is 6.92 Å².